The number of thiocarbonyl (C=S) groups is 1. The highest BCUT2D eigenvalue weighted by molar-refractivity contribution is 8.26. The molecular formula is C25H32N4O3S2. The molecule has 9 heteroatoms. The van der Waals surface area contributed by atoms with Crippen LogP contribution in [-0.4, -0.2) is 57.4 Å². The molecule has 182 valence electrons. The van der Waals surface area contributed by atoms with E-state index in [1.807, 2.05) is 26.0 Å². The van der Waals surface area contributed by atoms with Gasteiger partial charge in [0.2, 0.25) is 0 Å². The van der Waals surface area contributed by atoms with E-state index < -0.39 is 0 Å². The molecule has 0 radical (unpaired) electrons. The van der Waals surface area contributed by atoms with Crippen molar-refractivity contribution in [3.63, 3.8) is 0 Å². The van der Waals surface area contributed by atoms with E-state index in [4.69, 9.17) is 21.9 Å². The van der Waals surface area contributed by atoms with Crippen molar-refractivity contribution in [3.8, 4) is 0 Å². The van der Waals surface area contributed by atoms with Crippen LogP contribution in [0.15, 0.2) is 28.0 Å². The Morgan fingerprint density at radius 1 is 1.24 bits per heavy atom. The van der Waals surface area contributed by atoms with Crippen molar-refractivity contribution in [3.05, 3.63) is 44.7 Å². The minimum absolute atomic E-state index is 0.161. The lowest BCUT2D eigenvalue weighted by Gasteiger charge is -2.36. The Bertz CT molecular complexity index is 1180. The number of ether oxygens (including phenoxy) is 1. The number of amides is 1. The summed E-state index contributed by atoms with van der Waals surface area (Å²) in [5, 5.41) is 0. The predicted octanol–water partition coefficient (Wildman–Crippen LogP) is 4.11. The number of aryl methyl sites for hydroxylation is 1. The van der Waals surface area contributed by atoms with E-state index in [9.17, 15) is 9.59 Å². The minimum atomic E-state index is -0.170. The minimum Gasteiger partial charge on any atom is -0.382 e. The van der Waals surface area contributed by atoms with Gasteiger partial charge in [-0.2, -0.15) is 0 Å². The molecule has 0 saturated carbocycles. The number of carbonyl (C=O) groups excluding carboxylic acids is 1. The fraction of sp³-hybridized carbons (Fsp3) is 0.520. The number of thioether (sulfide) groups is 1. The molecule has 2 fully saturated rings. The van der Waals surface area contributed by atoms with Crippen molar-refractivity contribution in [2.24, 2.45) is 11.8 Å². The third-order valence-corrected chi connectivity index (χ3v) is 7.56. The second-order valence-corrected chi connectivity index (χ2v) is 11.0. The van der Waals surface area contributed by atoms with Crippen LogP contribution in [0.25, 0.3) is 11.7 Å². The van der Waals surface area contributed by atoms with Crippen LogP contribution in [0.2, 0.25) is 0 Å². The number of hydrogen-bond donors (Lipinski definition) is 0. The fourth-order valence-electron chi connectivity index (χ4n) is 4.74. The van der Waals surface area contributed by atoms with Gasteiger partial charge in [0.05, 0.1) is 10.5 Å². The molecule has 2 aliphatic rings. The summed E-state index contributed by atoms with van der Waals surface area (Å²) >= 11 is 6.73. The monoisotopic (exact) mass is 500 g/mol. The van der Waals surface area contributed by atoms with E-state index in [1.54, 1.807) is 21.6 Å². The molecule has 0 bridgehead atoms. The summed E-state index contributed by atoms with van der Waals surface area (Å²) in [7, 11) is 0. The SMILES string of the molecule is CCOCCCN1C(=O)/C(=C/c2c(N3C[C@H](C)C[C@@H](C)C3)nc3ccc(C)cn3c2=O)SC1=S. The van der Waals surface area contributed by atoms with Gasteiger partial charge in [0, 0.05) is 39.0 Å². The van der Waals surface area contributed by atoms with Gasteiger partial charge in [-0.3, -0.25) is 18.9 Å². The van der Waals surface area contributed by atoms with E-state index in [2.05, 4.69) is 18.7 Å². The Kier molecular flexibility index (Phi) is 7.74. The summed E-state index contributed by atoms with van der Waals surface area (Å²) in [6.07, 6.45) is 5.36. The molecule has 2 aromatic heterocycles. The van der Waals surface area contributed by atoms with Crippen molar-refractivity contribution in [1.82, 2.24) is 14.3 Å². The number of piperidine rings is 1. The first-order valence-electron chi connectivity index (χ1n) is 11.9. The average Bonchev–Trinajstić information content (AvgIpc) is 3.05. The summed E-state index contributed by atoms with van der Waals surface area (Å²) in [6, 6.07) is 3.83. The van der Waals surface area contributed by atoms with Gasteiger partial charge in [0.1, 0.15) is 15.8 Å². The second kappa shape index (κ2) is 10.6. The van der Waals surface area contributed by atoms with Crippen molar-refractivity contribution in [2.75, 3.05) is 37.7 Å². The molecule has 34 heavy (non-hydrogen) atoms. The second-order valence-electron chi connectivity index (χ2n) is 9.32. The molecule has 2 aromatic rings. The first kappa shape index (κ1) is 24.9. The van der Waals surface area contributed by atoms with Gasteiger partial charge in [0.25, 0.3) is 11.5 Å². The molecule has 4 rings (SSSR count). The molecule has 7 nitrogen and oxygen atoms in total. The Hall–Kier alpha value is -2.23. The van der Waals surface area contributed by atoms with Gasteiger partial charge in [-0.1, -0.05) is 43.9 Å². The van der Waals surface area contributed by atoms with E-state index in [0.29, 0.717) is 64.3 Å². The molecule has 0 unspecified atom stereocenters. The third kappa shape index (κ3) is 5.21. The molecule has 1 amide bonds. The lowest BCUT2D eigenvalue weighted by molar-refractivity contribution is -0.122. The zero-order valence-corrected chi connectivity index (χ0v) is 21.9. The van der Waals surface area contributed by atoms with Crippen LogP contribution in [0.1, 0.15) is 44.7 Å². The zero-order chi connectivity index (χ0) is 24.4. The molecule has 0 aromatic carbocycles. The lowest BCUT2D eigenvalue weighted by atomic mass is 9.91. The van der Waals surface area contributed by atoms with Crippen molar-refractivity contribution in [2.45, 2.75) is 40.5 Å². The summed E-state index contributed by atoms with van der Waals surface area (Å²) < 4.78 is 7.48. The van der Waals surface area contributed by atoms with Crippen molar-refractivity contribution >= 4 is 51.7 Å². The van der Waals surface area contributed by atoms with Gasteiger partial charge < -0.3 is 9.64 Å². The van der Waals surface area contributed by atoms with Crippen LogP contribution in [-0.2, 0) is 9.53 Å². The Labute approximate surface area is 210 Å². The highest BCUT2D eigenvalue weighted by Crippen LogP contribution is 2.34. The van der Waals surface area contributed by atoms with Crippen LogP contribution in [0.4, 0.5) is 5.82 Å². The average molecular weight is 501 g/mol. The van der Waals surface area contributed by atoms with Gasteiger partial charge in [-0.15, -0.1) is 0 Å². The third-order valence-electron chi connectivity index (χ3n) is 6.18. The summed E-state index contributed by atoms with van der Waals surface area (Å²) in [5.41, 5.74) is 1.85. The predicted molar refractivity (Wildman–Crippen MR) is 142 cm³/mol. The molecule has 2 atom stereocenters. The number of carbonyl (C=O) groups is 1. The van der Waals surface area contributed by atoms with Crippen LogP contribution in [0.3, 0.4) is 0 Å². The maximum atomic E-state index is 13.7. The topological polar surface area (TPSA) is 67.2 Å². The van der Waals surface area contributed by atoms with E-state index >= 15 is 0 Å². The number of nitrogens with zero attached hydrogens (tertiary/aromatic N) is 4. The molecule has 0 N–H and O–H groups in total. The summed E-state index contributed by atoms with van der Waals surface area (Å²) in [6.45, 7) is 11.7. The quantitative estimate of drug-likeness (QED) is 0.322. The Balaban J connectivity index is 1.75. The first-order valence-corrected chi connectivity index (χ1v) is 13.1. The summed E-state index contributed by atoms with van der Waals surface area (Å²) in [4.78, 5) is 36.0. The Morgan fingerprint density at radius 2 is 1.97 bits per heavy atom. The van der Waals surface area contributed by atoms with Gasteiger partial charge in [-0.25, -0.2) is 4.98 Å². The maximum Gasteiger partial charge on any atom is 0.267 e. The molecule has 2 saturated heterocycles. The lowest BCUT2D eigenvalue weighted by Crippen LogP contribution is -2.40. The number of anilines is 1. The highest BCUT2D eigenvalue weighted by Gasteiger charge is 2.33. The van der Waals surface area contributed by atoms with Gasteiger partial charge >= 0.3 is 0 Å². The fourth-order valence-corrected chi connectivity index (χ4v) is 6.03. The number of aromatic nitrogens is 2. The van der Waals surface area contributed by atoms with E-state index in [0.717, 1.165) is 25.1 Å². The molecule has 4 heterocycles. The number of hydrogen-bond acceptors (Lipinski definition) is 7. The van der Waals surface area contributed by atoms with Gasteiger partial charge in [0.15, 0.2) is 0 Å². The molecule has 2 aliphatic heterocycles. The van der Waals surface area contributed by atoms with Gasteiger partial charge in [-0.05, 0) is 56.2 Å². The summed E-state index contributed by atoms with van der Waals surface area (Å²) in [5.74, 6) is 1.48. The standard InChI is InChI=1S/C25H32N4O3S2/c1-5-32-10-6-9-28-24(31)20(34-25(28)33)12-19-22(27-13-17(3)11-18(4)14-27)26-21-8-7-16(2)15-29(21)23(19)30/h7-8,12,15,17-18H,5-6,9-11,13-14H2,1-4H3/b20-12-/t17-,18-/m1/s1. The normalized spacial score (nSPS) is 22.4. The highest BCUT2D eigenvalue weighted by atomic mass is 32.2. The molecular weight excluding hydrogens is 468 g/mol. The molecule has 0 spiro atoms. The Morgan fingerprint density at radius 3 is 2.68 bits per heavy atom. The van der Waals surface area contributed by atoms with Crippen LogP contribution < -0.4 is 10.5 Å². The smallest absolute Gasteiger partial charge is 0.267 e. The number of rotatable bonds is 7. The first-order chi connectivity index (χ1) is 16.3. The number of fused-ring (bicyclic) bond motifs is 1. The van der Waals surface area contributed by atoms with E-state index in [-0.39, 0.29) is 11.5 Å². The largest absolute Gasteiger partial charge is 0.382 e. The van der Waals surface area contributed by atoms with Crippen LogP contribution in [0.5, 0.6) is 0 Å². The van der Waals surface area contributed by atoms with Crippen LogP contribution >= 0.6 is 24.0 Å². The van der Waals surface area contributed by atoms with E-state index in [1.165, 1.54) is 11.8 Å². The number of pyridine rings is 1. The van der Waals surface area contributed by atoms with Crippen molar-refractivity contribution < 1.29 is 9.53 Å². The zero-order valence-electron chi connectivity index (χ0n) is 20.2. The maximum absolute atomic E-state index is 13.7. The van der Waals surface area contributed by atoms with Crippen LogP contribution in [0, 0.1) is 18.8 Å². The molecule has 0 aliphatic carbocycles. The van der Waals surface area contributed by atoms with Crippen molar-refractivity contribution in [1.29, 1.82) is 0 Å².